The van der Waals surface area contributed by atoms with E-state index in [1.54, 1.807) is 20.3 Å². The topological polar surface area (TPSA) is 94.6 Å². The maximum absolute atomic E-state index is 13.7. The Bertz CT molecular complexity index is 1320. The van der Waals surface area contributed by atoms with Gasteiger partial charge in [-0.1, -0.05) is 24.3 Å². The number of hydrogen-bond donors (Lipinski definition) is 2. The van der Waals surface area contributed by atoms with Gasteiger partial charge in [0.15, 0.2) is 17.3 Å². The first-order valence-electron chi connectivity index (χ1n) is 10.8. The second-order valence-electron chi connectivity index (χ2n) is 8.03. The molecule has 0 saturated heterocycles. The number of anilines is 1. The van der Waals surface area contributed by atoms with E-state index >= 15 is 0 Å². The van der Waals surface area contributed by atoms with Crippen molar-refractivity contribution < 1.29 is 19.0 Å². The van der Waals surface area contributed by atoms with E-state index in [0.29, 0.717) is 51.9 Å². The van der Waals surface area contributed by atoms with Crippen molar-refractivity contribution >= 4 is 11.6 Å². The van der Waals surface area contributed by atoms with Crippen molar-refractivity contribution in [3.63, 3.8) is 0 Å². The average molecular weight is 447 g/mol. The number of carbonyl (C=O) groups excluding carboxylic acids is 1. The van der Waals surface area contributed by atoms with Gasteiger partial charge in [-0.15, -0.1) is 0 Å². The fourth-order valence-corrected chi connectivity index (χ4v) is 4.86. The Balaban J connectivity index is 1.80. The molecule has 1 aliphatic carbocycles. The fraction of sp³-hybridized carbons (Fsp3) is 0.280. The van der Waals surface area contributed by atoms with Crippen LogP contribution in [-0.2, 0) is 4.79 Å². The van der Waals surface area contributed by atoms with Gasteiger partial charge in [0.25, 0.3) is 5.56 Å². The van der Waals surface area contributed by atoms with E-state index in [0.717, 1.165) is 18.5 Å². The summed E-state index contributed by atoms with van der Waals surface area (Å²) in [7, 11) is 4.63. The molecule has 0 fully saturated rings. The number of nitrogens with zero attached hydrogens (tertiary/aromatic N) is 1. The lowest BCUT2D eigenvalue weighted by Gasteiger charge is -2.32. The van der Waals surface area contributed by atoms with Crippen LogP contribution in [0.5, 0.6) is 17.2 Å². The molecule has 1 aromatic heterocycles. The summed E-state index contributed by atoms with van der Waals surface area (Å²) in [4.78, 5) is 26.9. The van der Waals surface area contributed by atoms with Gasteiger partial charge in [0.2, 0.25) is 5.75 Å². The third-order valence-electron chi connectivity index (χ3n) is 6.30. The monoisotopic (exact) mass is 447 g/mol. The normalized spacial score (nSPS) is 17.2. The molecule has 0 radical (unpaired) electrons. The summed E-state index contributed by atoms with van der Waals surface area (Å²) in [5, 5.41) is 6.54. The van der Waals surface area contributed by atoms with Crippen LogP contribution in [0.2, 0.25) is 0 Å². The van der Waals surface area contributed by atoms with Crippen LogP contribution in [0.15, 0.2) is 58.5 Å². The number of Topliss-reactive ketones (excluding diaryl/α,β-unsaturated/α-hetero) is 1. The van der Waals surface area contributed by atoms with Crippen LogP contribution in [0.25, 0.3) is 5.69 Å². The first-order valence-corrected chi connectivity index (χ1v) is 10.8. The molecule has 8 nitrogen and oxygen atoms in total. The van der Waals surface area contributed by atoms with E-state index in [2.05, 4.69) is 10.4 Å². The maximum atomic E-state index is 13.7. The zero-order valence-corrected chi connectivity index (χ0v) is 18.7. The van der Waals surface area contributed by atoms with Gasteiger partial charge in [-0.2, -0.15) is 0 Å². The molecule has 5 rings (SSSR count). The van der Waals surface area contributed by atoms with Gasteiger partial charge in [-0.25, -0.2) is 4.68 Å². The molecule has 0 saturated carbocycles. The van der Waals surface area contributed by atoms with E-state index in [-0.39, 0.29) is 11.3 Å². The summed E-state index contributed by atoms with van der Waals surface area (Å²) in [6, 6.07) is 13.0. The highest BCUT2D eigenvalue weighted by molar-refractivity contribution is 6.01. The van der Waals surface area contributed by atoms with Crippen LogP contribution in [-0.4, -0.2) is 36.9 Å². The molecular weight excluding hydrogens is 422 g/mol. The number of nitrogens with one attached hydrogen (secondary N) is 2. The highest BCUT2D eigenvalue weighted by Crippen LogP contribution is 2.50. The van der Waals surface area contributed by atoms with Crippen LogP contribution >= 0.6 is 0 Å². The summed E-state index contributed by atoms with van der Waals surface area (Å²) in [5.41, 5.74) is 3.07. The van der Waals surface area contributed by atoms with Gasteiger partial charge in [0.05, 0.1) is 38.5 Å². The second-order valence-corrected chi connectivity index (χ2v) is 8.03. The fourth-order valence-electron chi connectivity index (χ4n) is 4.86. The molecule has 2 N–H and O–H groups in total. The molecule has 0 spiro atoms. The van der Waals surface area contributed by atoms with Gasteiger partial charge >= 0.3 is 0 Å². The number of methoxy groups -OCH3 is 3. The number of aromatic amines is 1. The molecular formula is C25H25N3O5. The number of fused-ring (bicyclic) bond motifs is 1. The Kier molecular flexibility index (Phi) is 5.20. The van der Waals surface area contributed by atoms with Gasteiger partial charge in [0.1, 0.15) is 5.82 Å². The minimum atomic E-state index is -0.604. The van der Waals surface area contributed by atoms with Crippen LogP contribution in [0.3, 0.4) is 0 Å². The van der Waals surface area contributed by atoms with Gasteiger partial charge < -0.3 is 19.5 Å². The third-order valence-corrected chi connectivity index (χ3v) is 6.30. The SMILES string of the molecule is COc1ccc([C@H]2C3=C(CCCC3=O)Nc3[nH]n(-c4ccccc4)c(=O)c32)c(OC)c1OC. The summed E-state index contributed by atoms with van der Waals surface area (Å²) >= 11 is 0. The van der Waals surface area contributed by atoms with Gasteiger partial charge in [0, 0.05) is 23.3 Å². The molecule has 3 aromatic rings. The number of hydrogen-bond acceptors (Lipinski definition) is 6. The summed E-state index contributed by atoms with van der Waals surface area (Å²) in [6.07, 6.45) is 1.93. The van der Waals surface area contributed by atoms with Crippen molar-refractivity contribution in [2.24, 2.45) is 0 Å². The van der Waals surface area contributed by atoms with Crippen LogP contribution in [0.1, 0.15) is 36.3 Å². The maximum Gasteiger partial charge on any atom is 0.277 e. The Morgan fingerprint density at radius 3 is 2.36 bits per heavy atom. The highest BCUT2D eigenvalue weighted by atomic mass is 16.5. The van der Waals surface area contributed by atoms with Crippen molar-refractivity contribution in [3.8, 4) is 22.9 Å². The van der Waals surface area contributed by atoms with E-state index < -0.39 is 5.92 Å². The average Bonchev–Trinajstić information content (AvgIpc) is 3.18. The molecule has 0 bridgehead atoms. The number of allylic oxidation sites excluding steroid dienone is 2. The molecule has 1 atom stereocenters. The number of rotatable bonds is 5. The van der Waals surface area contributed by atoms with Crippen molar-refractivity contribution in [2.45, 2.75) is 25.2 Å². The van der Waals surface area contributed by atoms with Gasteiger partial charge in [-0.05, 0) is 31.0 Å². The molecule has 2 aliphatic rings. The molecule has 170 valence electrons. The van der Waals surface area contributed by atoms with E-state index in [9.17, 15) is 9.59 Å². The molecule has 33 heavy (non-hydrogen) atoms. The highest BCUT2D eigenvalue weighted by Gasteiger charge is 2.40. The number of ether oxygens (including phenoxy) is 3. The third kappa shape index (κ3) is 3.21. The summed E-state index contributed by atoms with van der Waals surface area (Å²) in [6.45, 7) is 0. The first-order chi connectivity index (χ1) is 16.1. The van der Waals surface area contributed by atoms with Crippen LogP contribution < -0.4 is 25.1 Å². The summed E-state index contributed by atoms with van der Waals surface area (Å²) in [5.74, 6) is 1.37. The van der Waals surface area contributed by atoms with Crippen LogP contribution in [0, 0.1) is 0 Å². The minimum Gasteiger partial charge on any atom is -0.493 e. The molecule has 0 unspecified atom stereocenters. The number of para-hydroxylation sites is 1. The standard InChI is InChI=1S/C25H25N3O5/c1-31-18-13-12-15(22(32-2)23(18)33-3)19-20-16(10-7-11-17(20)29)26-24-21(19)25(30)28(27-24)14-8-5-4-6-9-14/h4-6,8-9,12-13,19,26-27H,7,10-11H2,1-3H3/t19-/m0/s1. The predicted molar refractivity (Wildman–Crippen MR) is 124 cm³/mol. The smallest absolute Gasteiger partial charge is 0.277 e. The van der Waals surface area contributed by atoms with Crippen molar-refractivity contribution in [3.05, 3.63) is 75.2 Å². The Labute approximate surface area is 190 Å². The Morgan fingerprint density at radius 1 is 0.909 bits per heavy atom. The number of benzene rings is 2. The van der Waals surface area contributed by atoms with Crippen LogP contribution in [0.4, 0.5) is 5.82 Å². The zero-order chi connectivity index (χ0) is 23.1. The molecule has 2 aromatic carbocycles. The largest absolute Gasteiger partial charge is 0.493 e. The lowest BCUT2D eigenvalue weighted by molar-refractivity contribution is -0.116. The zero-order valence-electron chi connectivity index (χ0n) is 18.7. The van der Waals surface area contributed by atoms with E-state index in [1.165, 1.54) is 11.8 Å². The Hall–Kier alpha value is -3.94. The van der Waals surface area contributed by atoms with Gasteiger partial charge in [-0.3, -0.25) is 14.7 Å². The molecule has 2 heterocycles. The van der Waals surface area contributed by atoms with E-state index in [4.69, 9.17) is 14.2 Å². The number of ketones is 1. The van der Waals surface area contributed by atoms with E-state index in [1.807, 2.05) is 36.4 Å². The molecule has 0 amide bonds. The molecule has 8 heteroatoms. The lowest BCUT2D eigenvalue weighted by Crippen LogP contribution is -2.30. The summed E-state index contributed by atoms with van der Waals surface area (Å²) < 4.78 is 18.3. The number of H-pyrrole nitrogens is 1. The molecule has 1 aliphatic heterocycles. The quantitative estimate of drug-likeness (QED) is 0.619. The minimum absolute atomic E-state index is 0.0306. The second kappa shape index (κ2) is 8.20. The van der Waals surface area contributed by atoms with Crippen molar-refractivity contribution in [1.29, 1.82) is 0 Å². The lowest BCUT2D eigenvalue weighted by atomic mass is 9.76. The number of carbonyl (C=O) groups is 1. The Morgan fingerprint density at radius 2 is 1.67 bits per heavy atom. The first kappa shape index (κ1) is 20.9. The van der Waals surface area contributed by atoms with Crippen molar-refractivity contribution in [1.82, 2.24) is 9.78 Å². The van der Waals surface area contributed by atoms with Crippen molar-refractivity contribution in [2.75, 3.05) is 26.6 Å². The predicted octanol–water partition coefficient (Wildman–Crippen LogP) is 3.76. The number of aromatic nitrogens is 2.